The number of carbonyl (C=O) groups is 2. The Bertz CT molecular complexity index is 833. The summed E-state index contributed by atoms with van der Waals surface area (Å²) < 4.78 is 0. The summed E-state index contributed by atoms with van der Waals surface area (Å²) >= 11 is 5.88. The fourth-order valence-electron chi connectivity index (χ4n) is 3.98. The highest BCUT2D eigenvalue weighted by molar-refractivity contribution is 6.30. The van der Waals surface area contributed by atoms with E-state index in [0.29, 0.717) is 16.6 Å². The third kappa shape index (κ3) is 4.45. The fraction of sp³-hybridized carbons (Fsp3) is 0.391. The Morgan fingerprint density at radius 2 is 1.64 bits per heavy atom. The van der Waals surface area contributed by atoms with E-state index < -0.39 is 0 Å². The molecule has 0 spiro atoms. The first-order valence-electron chi connectivity index (χ1n) is 9.99. The Morgan fingerprint density at radius 1 is 0.929 bits per heavy atom. The number of nitrogens with zero attached hydrogens (tertiary/aromatic N) is 2. The van der Waals surface area contributed by atoms with Gasteiger partial charge in [0.25, 0.3) is 0 Å². The van der Waals surface area contributed by atoms with Gasteiger partial charge in [0.05, 0.1) is 6.04 Å². The molecule has 4 rings (SSSR count). The van der Waals surface area contributed by atoms with E-state index in [4.69, 9.17) is 11.6 Å². The molecule has 146 valence electrons. The number of rotatable bonds is 6. The molecule has 1 aliphatic heterocycles. The first-order valence-corrected chi connectivity index (χ1v) is 10.4. The van der Waals surface area contributed by atoms with Crippen molar-refractivity contribution in [3.8, 4) is 0 Å². The number of hydrogen-bond acceptors (Lipinski definition) is 3. The van der Waals surface area contributed by atoms with Gasteiger partial charge in [-0.1, -0.05) is 41.9 Å². The number of hydrogen-bond donors (Lipinski definition) is 0. The quantitative estimate of drug-likeness (QED) is 0.681. The van der Waals surface area contributed by atoms with Crippen molar-refractivity contribution in [3.63, 3.8) is 0 Å². The van der Waals surface area contributed by atoms with E-state index in [1.165, 1.54) is 18.4 Å². The first-order chi connectivity index (χ1) is 13.6. The van der Waals surface area contributed by atoms with Crippen molar-refractivity contribution >= 4 is 23.3 Å². The number of benzene rings is 2. The third-order valence-corrected chi connectivity index (χ3v) is 5.96. The zero-order chi connectivity index (χ0) is 19.5. The van der Waals surface area contributed by atoms with Crippen LogP contribution >= 0.6 is 11.6 Å². The monoisotopic (exact) mass is 396 g/mol. The minimum atomic E-state index is -0.0158. The lowest BCUT2D eigenvalue weighted by atomic mass is 10.0. The molecule has 1 amide bonds. The van der Waals surface area contributed by atoms with E-state index in [1.54, 1.807) is 24.3 Å². The van der Waals surface area contributed by atoms with E-state index in [9.17, 15) is 9.59 Å². The van der Waals surface area contributed by atoms with Gasteiger partial charge >= 0.3 is 0 Å². The normalized spacial score (nSPS) is 20.2. The van der Waals surface area contributed by atoms with Crippen LogP contribution in [0.15, 0.2) is 54.6 Å². The van der Waals surface area contributed by atoms with Crippen LogP contribution in [0, 0.1) is 0 Å². The molecule has 2 aromatic rings. The van der Waals surface area contributed by atoms with Crippen molar-refractivity contribution in [2.24, 2.45) is 0 Å². The Morgan fingerprint density at radius 3 is 2.32 bits per heavy atom. The van der Waals surface area contributed by atoms with Crippen LogP contribution in [-0.2, 0) is 4.79 Å². The van der Waals surface area contributed by atoms with Crippen LogP contribution in [-0.4, -0.2) is 47.2 Å². The fourth-order valence-corrected chi connectivity index (χ4v) is 4.10. The summed E-state index contributed by atoms with van der Waals surface area (Å²) in [6.45, 7) is 2.53. The number of Topliss-reactive ketones (excluding diaryl/α,β-unsaturated/α-hetero) is 1. The van der Waals surface area contributed by atoms with Crippen LogP contribution in [0.3, 0.4) is 0 Å². The molecule has 2 aromatic carbocycles. The smallest absolute Gasteiger partial charge is 0.223 e. The second-order valence-corrected chi connectivity index (χ2v) is 8.11. The van der Waals surface area contributed by atoms with Gasteiger partial charge in [-0.15, -0.1) is 0 Å². The maximum atomic E-state index is 13.0. The molecule has 5 heteroatoms. The van der Waals surface area contributed by atoms with Gasteiger partial charge in [-0.3, -0.25) is 14.5 Å². The summed E-state index contributed by atoms with van der Waals surface area (Å²) in [5.41, 5.74) is 1.78. The summed E-state index contributed by atoms with van der Waals surface area (Å²) in [5.74, 6) is 0.0458. The van der Waals surface area contributed by atoms with E-state index >= 15 is 0 Å². The standard InChI is InChI=1S/C23H25ClN2O2/c24-19-8-6-18(7-9-19)22(27)12-13-23(28)26-15-14-25(20-10-11-20)16-21(26)17-4-2-1-3-5-17/h1-9,20-21H,10-16H2. The molecule has 1 unspecified atom stereocenters. The SMILES string of the molecule is O=C(CCC(=O)N1CCN(C2CC2)CC1c1ccccc1)c1ccc(Cl)cc1. The highest BCUT2D eigenvalue weighted by atomic mass is 35.5. The maximum absolute atomic E-state index is 13.0. The predicted molar refractivity (Wildman–Crippen MR) is 111 cm³/mol. The van der Waals surface area contributed by atoms with Crippen molar-refractivity contribution in [2.45, 2.75) is 37.8 Å². The van der Waals surface area contributed by atoms with Crippen LogP contribution < -0.4 is 0 Å². The molecular formula is C23H25ClN2O2. The average molecular weight is 397 g/mol. The Kier molecular flexibility index (Phi) is 5.79. The number of carbonyl (C=O) groups excluding carboxylic acids is 2. The predicted octanol–water partition coefficient (Wildman–Crippen LogP) is 4.35. The summed E-state index contributed by atoms with van der Waals surface area (Å²) in [5, 5.41) is 0.604. The molecule has 1 heterocycles. The zero-order valence-electron chi connectivity index (χ0n) is 15.9. The molecule has 1 saturated heterocycles. The van der Waals surface area contributed by atoms with Crippen LogP contribution in [0.4, 0.5) is 0 Å². The lowest BCUT2D eigenvalue weighted by molar-refractivity contribution is -0.136. The van der Waals surface area contributed by atoms with Crippen LogP contribution in [0.5, 0.6) is 0 Å². The van der Waals surface area contributed by atoms with E-state index in [2.05, 4.69) is 17.0 Å². The van der Waals surface area contributed by atoms with Gasteiger partial charge < -0.3 is 4.90 Å². The number of ketones is 1. The first kappa shape index (κ1) is 19.2. The average Bonchev–Trinajstić information content (AvgIpc) is 3.58. The van der Waals surface area contributed by atoms with Crippen molar-refractivity contribution < 1.29 is 9.59 Å². The second-order valence-electron chi connectivity index (χ2n) is 7.67. The molecule has 2 aliphatic rings. The Labute approximate surface area is 171 Å². The molecule has 0 bridgehead atoms. The maximum Gasteiger partial charge on any atom is 0.223 e. The molecule has 2 fully saturated rings. The molecule has 1 atom stereocenters. The van der Waals surface area contributed by atoms with Gasteiger partial charge in [0.2, 0.25) is 5.91 Å². The summed E-state index contributed by atoms with van der Waals surface area (Å²) in [6.07, 6.45) is 3.01. The van der Waals surface area contributed by atoms with E-state index in [0.717, 1.165) is 19.6 Å². The van der Waals surface area contributed by atoms with Crippen molar-refractivity contribution in [1.29, 1.82) is 0 Å². The lowest BCUT2D eigenvalue weighted by Gasteiger charge is -2.42. The number of amides is 1. The van der Waals surface area contributed by atoms with Gasteiger partial charge in [-0.05, 0) is 42.7 Å². The number of piperazine rings is 1. The van der Waals surface area contributed by atoms with Gasteiger partial charge in [-0.2, -0.15) is 0 Å². The van der Waals surface area contributed by atoms with Gasteiger partial charge in [-0.25, -0.2) is 0 Å². The highest BCUT2D eigenvalue weighted by Crippen LogP contribution is 2.33. The van der Waals surface area contributed by atoms with Crippen LogP contribution in [0.2, 0.25) is 5.02 Å². The summed E-state index contributed by atoms with van der Waals surface area (Å²) in [6, 6.07) is 17.9. The zero-order valence-corrected chi connectivity index (χ0v) is 16.6. The second kappa shape index (κ2) is 8.46. The third-order valence-electron chi connectivity index (χ3n) is 5.71. The Hall–Kier alpha value is -2.17. The minimum Gasteiger partial charge on any atom is -0.333 e. The molecule has 4 nitrogen and oxygen atoms in total. The van der Waals surface area contributed by atoms with Crippen molar-refractivity contribution in [1.82, 2.24) is 9.80 Å². The van der Waals surface area contributed by atoms with Gasteiger partial charge in [0.15, 0.2) is 5.78 Å². The topological polar surface area (TPSA) is 40.6 Å². The lowest BCUT2D eigenvalue weighted by Crippen LogP contribution is -2.51. The summed E-state index contributed by atoms with van der Waals surface area (Å²) in [4.78, 5) is 29.9. The molecule has 28 heavy (non-hydrogen) atoms. The van der Waals surface area contributed by atoms with Crippen LogP contribution in [0.1, 0.15) is 47.6 Å². The molecule has 1 saturated carbocycles. The molecule has 0 radical (unpaired) electrons. The van der Waals surface area contributed by atoms with Gasteiger partial charge in [0, 0.05) is 49.1 Å². The van der Waals surface area contributed by atoms with E-state index in [1.807, 2.05) is 23.1 Å². The minimum absolute atomic E-state index is 0.0158. The largest absolute Gasteiger partial charge is 0.333 e. The molecular weight excluding hydrogens is 372 g/mol. The van der Waals surface area contributed by atoms with E-state index in [-0.39, 0.29) is 30.6 Å². The molecule has 1 aliphatic carbocycles. The van der Waals surface area contributed by atoms with Crippen molar-refractivity contribution in [2.75, 3.05) is 19.6 Å². The van der Waals surface area contributed by atoms with Gasteiger partial charge in [0.1, 0.15) is 0 Å². The van der Waals surface area contributed by atoms with Crippen molar-refractivity contribution in [3.05, 3.63) is 70.7 Å². The molecule has 0 aromatic heterocycles. The number of halogens is 1. The Balaban J connectivity index is 1.42. The summed E-state index contributed by atoms with van der Waals surface area (Å²) in [7, 11) is 0. The highest BCUT2D eigenvalue weighted by Gasteiger charge is 2.37. The molecule has 0 N–H and O–H groups in total. The van der Waals surface area contributed by atoms with Crippen LogP contribution in [0.25, 0.3) is 0 Å².